The molecular formula is C17H28N2O. The van der Waals surface area contributed by atoms with Crippen molar-refractivity contribution >= 4 is 0 Å². The number of hydrogen-bond donors (Lipinski definition) is 1. The van der Waals surface area contributed by atoms with Gasteiger partial charge in [-0.05, 0) is 56.8 Å². The number of ether oxygens (including phenoxy) is 1. The Hall–Kier alpha value is -0.900. The lowest BCUT2D eigenvalue weighted by Gasteiger charge is -2.38. The van der Waals surface area contributed by atoms with Gasteiger partial charge in [-0.15, -0.1) is 0 Å². The maximum absolute atomic E-state index is 6.09. The summed E-state index contributed by atoms with van der Waals surface area (Å²) in [5.41, 5.74) is 10.2. The first-order valence-corrected chi connectivity index (χ1v) is 7.79. The quantitative estimate of drug-likeness (QED) is 0.898. The van der Waals surface area contributed by atoms with E-state index >= 15 is 0 Å². The van der Waals surface area contributed by atoms with Crippen LogP contribution >= 0.6 is 0 Å². The van der Waals surface area contributed by atoms with Crippen LogP contribution in [0.25, 0.3) is 0 Å². The molecule has 0 aliphatic carbocycles. The van der Waals surface area contributed by atoms with Crippen molar-refractivity contribution in [3.63, 3.8) is 0 Å². The molecule has 2 atom stereocenters. The fourth-order valence-corrected chi connectivity index (χ4v) is 3.23. The van der Waals surface area contributed by atoms with E-state index in [-0.39, 0.29) is 0 Å². The number of rotatable bonds is 5. The van der Waals surface area contributed by atoms with Gasteiger partial charge in [-0.25, -0.2) is 0 Å². The third-order valence-corrected chi connectivity index (χ3v) is 4.48. The minimum Gasteiger partial charge on any atom is -0.377 e. The van der Waals surface area contributed by atoms with Crippen molar-refractivity contribution in [3.05, 3.63) is 34.9 Å². The minimum atomic E-state index is 0.318. The van der Waals surface area contributed by atoms with E-state index in [0.29, 0.717) is 18.7 Å². The molecule has 1 saturated heterocycles. The molecule has 112 valence electrons. The van der Waals surface area contributed by atoms with Crippen molar-refractivity contribution in [2.24, 2.45) is 5.73 Å². The smallest absolute Gasteiger partial charge is 0.0702 e. The van der Waals surface area contributed by atoms with Gasteiger partial charge in [0.15, 0.2) is 0 Å². The highest BCUT2D eigenvalue weighted by molar-refractivity contribution is 5.35. The van der Waals surface area contributed by atoms with Gasteiger partial charge in [0.05, 0.1) is 6.10 Å². The summed E-state index contributed by atoms with van der Waals surface area (Å²) in [4.78, 5) is 2.51. The third-order valence-electron chi connectivity index (χ3n) is 4.48. The van der Waals surface area contributed by atoms with E-state index in [1.54, 1.807) is 0 Å². The van der Waals surface area contributed by atoms with Gasteiger partial charge in [-0.1, -0.05) is 18.2 Å². The molecular weight excluding hydrogens is 248 g/mol. The predicted molar refractivity (Wildman–Crippen MR) is 83.9 cm³/mol. The molecule has 2 unspecified atom stereocenters. The molecule has 1 aliphatic heterocycles. The van der Waals surface area contributed by atoms with E-state index in [1.807, 2.05) is 0 Å². The normalized spacial score (nSPS) is 21.9. The van der Waals surface area contributed by atoms with Crippen molar-refractivity contribution in [1.82, 2.24) is 4.90 Å². The van der Waals surface area contributed by atoms with Gasteiger partial charge in [0.25, 0.3) is 0 Å². The molecule has 0 amide bonds. The van der Waals surface area contributed by atoms with Crippen LogP contribution in [0.1, 0.15) is 42.5 Å². The predicted octanol–water partition coefficient (Wildman–Crippen LogP) is 2.80. The largest absolute Gasteiger partial charge is 0.377 e. The van der Waals surface area contributed by atoms with Gasteiger partial charge in [-0.2, -0.15) is 0 Å². The molecule has 1 fully saturated rings. The molecule has 2 N–H and O–H groups in total. The molecule has 0 saturated carbocycles. The third kappa shape index (κ3) is 3.40. The van der Waals surface area contributed by atoms with Crippen LogP contribution < -0.4 is 5.73 Å². The molecule has 2 rings (SSSR count). The summed E-state index contributed by atoms with van der Waals surface area (Å²) in [7, 11) is 0. The zero-order valence-electron chi connectivity index (χ0n) is 13.1. The van der Waals surface area contributed by atoms with E-state index in [0.717, 1.165) is 19.7 Å². The molecule has 1 aromatic rings. The highest BCUT2D eigenvalue weighted by Crippen LogP contribution is 2.28. The maximum atomic E-state index is 6.09. The summed E-state index contributed by atoms with van der Waals surface area (Å²) >= 11 is 0. The lowest BCUT2D eigenvalue weighted by Crippen LogP contribution is -2.44. The molecule has 1 heterocycles. The van der Waals surface area contributed by atoms with Gasteiger partial charge in [0.2, 0.25) is 0 Å². The van der Waals surface area contributed by atoms with E-state index in [4.69, 9.17) is 10.5 Å². The molecule has 0 radical (unpaired) electrons. The number of nitrogens with two attached hydrogens (primary N) is 1. The number of hydrogen-bond acceptors (Lipinski definition) is 3. The molecule has 0 aromatic heterocycles. The van der Waals surface area contributed by atoms with Crippen molar-refractivity contribution in [2.45, 2.75) is 45.8 Å². The van der Waals surface area contributed by atoms with Crippen molar-refractivity contribution in [1.29, 1.82) is 0 Å². The molecule has 1 aliphatic rings. The first-order chi connectivity index (χ1) is 9.67. The van der Waals surface area contributed by atoms with Crippen LogP contribution in [0.3, 0.4) is 0 Å². The van der Waals surface area contributed by atoms with Gasteiger partial charge < -0.3 is 10.5 Å². The molecule has 3 heteroatoms. The Morgan fingerprint density at radius 2 is 2.20 bits per heavy atom. The lowest BCUT2D eigenvalue weighted by molar-refractivity contribution is -0.00667. The fraction of sp³-hybridized carbons (Fsp3) is 0.647. The van der Waals surface area contributed by atoms with Crippen LogP contribution in [0.5, 0.6) is 0 Å². The summed E-state index contributed by atoms with van der Waals surface area (Å²) < 4.78 is 5.82. The van der Waals surface area contributed by atoms with Crippen molar-refractivity contribution in [3.8, 4) is 0 Å². The molecule has 20 heavy (non-hydrogen) atoms. The van der Waals surface area contributed by atoms with Crippen molar-refractivity contribution in [2.75, 3.05) is 26.2 Å². The van der Waals surface area contributed by atoms with E-state index in [1.165, 1.54) is 29.5 Å². The average Bonchev–Trinajstić information content (AvgIpc) is 2.45. The summed E-state index contributed by atoms with van der Waals surface area (Å²) in [5, 5.41) is 0. The number of piperidine rings is 1. The second kappa shape index (κ2) is 7.21. The van der Waals surface area contributed by atoms with Gasteiger partial charge in [0, 0.05) is 25.7 Å². The molecule has 3 nitrogen and oxygen atoms in total. The topological polar surface area (TPSA) is 38.5 Å². The van der Waals surface area contributed by atoms with Gasteiger partial charge in [0.1, 0.15) is 0 Å². The Morgan fingerprint density at radius 3 is 2.90 bits per heavy atom. The number of benzene rings is 1. The number of likely N-dealkylation sites (tertiary alicyclic amines) is 1. The first-order valence-electron chi connectivity index (χ1n) is 7.79. The zero-order chi connectivity index (χ0) is 14.5. The summed E-state index contributed by atoms with van der Waals surface area (Å²) in [5.74, 6) is 0. The highest BCUT2D eigenvalue weighted by atomic mass is 16.5. The van der Waals surface area contributed by atoms with Gasteiger partial charge in [-0.3, -0.25) is 4.90 Å². The SMILES string of the molecule is CCOC1CCCN(C(CN)c2cccc(C)c2C)C1. The fourth-order valence-electron chi connectivity index (χ4n) is 3.23. The number of nitrogens with zero attached hydrogens (tertiary/aromatic N) is 1. The molecule has 0 bridgehead atoms. The van der Waals surface area contributed by atoms with Crippen LogP contribution in [0.15, 0.2) is 18.2 Å². The van der Waals surface area contributed by atoms with Crippen LogP contribution in [-0.4, -0.2) is 37.2 Å². The Bertz CT molecular complexity index is 431. The monoisotopic (exact) mass is 276 g/mol. The molecule has 1 aromatic carbocycles. The molecule has 0 spiro atoms. The second-order valence-electron chi connectivity index (χ2n) is 5.76. The van der Waals surface area contributed by atoms with Crippen LogP contribution in [-0.2, 0) is 4.74 Å². The van der Waals surface area contributed by atoms with Crippen LogP contribution in [0, 0.1) is 13.8 Å². The Kier molecular flexibility index (Phi) is 5.58. The zero-order valence-corrected chi connectivity index (χ0v) is 13.1. The van der Waals surface area contributed by atoms with Crippen molar-refractivity contribution < 1.29 is 4.74 Å². The first kappa shape index (κ1) is 15.5. The van der Waals surface area contributed by atoms with Gasteiger partial charge >= 0.3 is 0 Å². The summed E-state index contributed by atoms with van der Waals surface area (Å²) in [6.45, 7) is 10.0. The Balaban J connectivity index is 2.17. The number of aryl methyl sites for hydroxylation is 1. The standard InChI is InChI=1S/C17H28N2O/c1-4-20-15-8-6-10-19(12-15)17(11-18)16-9-5-7-13(2)14(16)3/h5,7,9,15,17H,4,6,8,10-12,18H2,1-3H3. The van der Waals surface area contributed by atoms with E-state index in [9.17, 15) is 0 Å². The van der Waals surface area contributed by atoms with E-state index < -0.39 is 0 Å². The average molecular weight is 276 g/mol. The highest BCUT2D eigenvalue weighted by Gasteiger charge is 2.27. The Labute approximate surface area is 123 Å². The summed E-state index contributed by atoms with van der Waals surface area (Å²) in [6, 6.07) is 6.86. The second-order valence-corrected chi connectivity index (χ2v) is 5.76. The van der Waals surface area contributed by atoms with Crippen LogP contribution in [0.4, 0.5) is 0 Å². The maximum Gasteiger partial charge on any atom is 0.0702 e. The minimum absolute atomic E-state index is 0.318. The van der Waals surface area contributed by atoms with Crippen LogP contribution in [0.2, 0.25) is 0 Å². The Morgan fingerprint density at radius 1 is 1.40 bits per heavy atom. The summed E-state index contributed by atoms with van der Waals surface area (Å²) in [6.07, 6.45) is 2.74. The lowest BCUT2D eigenvalue weighted by atomic mass is 9.94. The van der Waals surface area contributed by atoms with E-state index in [2.05, 4.69) is 43.9 Å².